The van der Waals surface area contributed by atoms with Gasteiger partial charge in [0.05, 0.1) is 0 Å². The van der Waals surface area contributed by atoms with Crippen LogP contribution in [0.1, 0.15) is 55.3 Å². The lowest BCUT2D eigenvalue weighted by atomic mass is 9.75. The maximum atomic E-state index is 12.9. The molecular weight excluding hydrogens is 300 g/mol. The Bertz CT molecular complexity index is 642. The Hall–Kier alpha value is -1.84. The maximum Gasteiger partial charge on any atom is 0.253 e. The van der Waals surface area contributed by atoms with E-state index in [1.54, 1.807) is 0 Å². The first kappa shape index (κ1) is 15.7. The first-order chi connectivity index (χ1) is 11.7. The third-order valence-electron chi connectivity index (χ3n) is 6.06. The lowest BCUT2D eigenvalue weighted by Crippen LogP contribution is -2.44. The molecule has 128 valence electrons. The van der Waals surface area contributed by atoms with E-state index in [1.165, 1.54) is 25.7 Å². The van der Waals surface area contributed by atoms with Gasteiger partial charge in [0.15, 0.2) is 0 Å². The van der Waals surface area contributed by atoms with Crippen LogP contribution in [0.25, 0.3) is 0 Å². The first-order valence-electron chi connectivity index (χ1n) is 9.42. The van der Waals surface area contributed by atoms with Crippen LogP contribution in [0.3, 0.4) is 0 Å². The van der Waals surface area contributed by atoms with Crippen LogP contribution in [-0.4, -0.2) is 36.3 Å². The number of anilines is 1. The van der Waals surface area contributed by atoms with Gasteiger partial charge < -0.3 is 9.80 Å². The monoisotopic (exact) mass is 326 g/mol. The number of carbonyl (C=O) groups excluding carboxylic acids is 2. The molecule has 3 aliphatic rings. The lowest BCUT2D eigenvalue weighted by Gasteiger charge is -2.41. The van der Waals surface area contributed by atoms with Gasteiger partial charge in [-0.2, -0.15) is 0 Å². The van der Waals surface area contributed by atoms with Crippen molar-refractivity contribution in [3.63, 3.8) is 0 Å². The number of fused-ring (bicyclic) bond motifs is 1. The molecule has 2 aliphatic heterocycles. The van der Waals surface area contributed by atoms with Gasteiger partial charge in [0, 0.05) is 37.3 Å². The van der Waals surface area contributed by atoms with Gasteiger partial charge >= 0.3 is 0 Å². The first-order valence-corrected chi connectivity index (χ1v) is 9.42. The van der Waals surface area contributed by atoms with Crippen LogP contribution in [0.2, 0.25) is 0 Å². The maximum absolute atomic E-state index is 12.9. The molecule has 4 rings (SSSR count). The Labute approximate surface area is 143 Å². The summed E-state index contributed by atoms with van der Waals surface area (Å²) in [5.41, 5.74) is 1.59. The number of likely N-dealkylation sites (tertiary alicyclic amines) is 1. The summed E-state index contributed by atoms with van der Waals surface area (Å²) in [4.78, 5) is 28.7. The summed E-state index contributed by atoms with van der Waals surface area (Å²) in [6.45, 7) is 2.56. The number of benzene rings is 1. The summed E-state index contributed by atoms with van der Waals surface area (Å²) < 4.78 is 0. The minimum absolute atomic E-state index is 0.132. The normalized spacial score (nSPS) is 27.2. The van der Waals surface area contributed by atoms with E-state index in [1.807, 2.05) is 34.1 Å². The van der Waals surface area contributed by atoms with Crippen molar-refractivity contribution in [2.24, 2.45) is 11.8 Å². The van der Waals surface area contributed by atoms with Gasteiger partial charge in [-0.1, -0.05) is 25.3 Å². The summed E-state index contributed by atoms with van der Waals surface area (Å²) in [5.74, 6) is 1.83. The zero-order valence-electron chi connectivity index (χ0n) is 14.2. The zero-order valence-corrected chi connectivity index (χ0v) is 14.2. The van der Waals surface area contributed by atoms with Crippen LogP contribution >= 0.6 is 0 Å². The third-order valence-corrected chi connectivity index (χ3v) is 6.06. The van der Waals surface area contributed by atoms with Crippen LogP contribution in [0, 0.1) is 11.8 Å². The molecule has 1 aromatic rings. The molecule has 2 heterocycles. The highest BCUT2D eigenvalue weighted by Crippen LogP contribution is 2.36. The summed E-state index contributed by atoms with van der Waals surface area (Å²) >= 11 is 0. The molecule has 1 aliphatic carbocycles. The van der Waals surface area contributed by atoms with Gasteiger partial charge in [-0.3, -0.25) is 9.59 Å². The molecular formula is C20H26N2O2. The number of carbonyl (C=O) groups is 2. The highest BCUT2D eigenvalue weighted by molar-refractivity contribution is 5.99. The fourth-order valence-electron chi connectivity index (χ4n) is 4.70. The average molecular weight is 326 g/mol. The Morgan fingerprint density at radius 3 is 2.62 bits per heavy atom. The minimum atomic E-state index is 0.132. The van der Waals surface area contributed by atoms with E-state index in [0.29, 0.717) is 12.3 Å². The van der Waals surface area contributed by atoms with Crippen LogP contribution < -0.4 is 4.90 Å². The second-order valence-electron chi connectivity index (χ2n) is 7.54. The molecule has 0 spiro atoms. The standard InChI is InChI=1S/C20H26N2O2/c23-19-9-4-11-22(19)18-8-3-7-16(13-18)20(24)21-12-10-15-5-1-2-6-17(15)14-21/h3,7-8,13,15,17H,1-2,4-6,9-12,14H2/t15-,17-/m1/s1. The van der Waals surface area contributed by atoms with Crippen molar-refractivity contribution >= 4 is 17.5 Å². The minimum Gasteiger partial charge on any atom is -0.338 e. The Morgan fingerprint density at radius 2 is 1.83 bits per heavy atom. The molecule has 0 radical (unpaired) electrons. The van der Waals surface area contributed by atoms with Crippen molar-refractivity contribution in [3.8, 4) is 0 Å². The van der Waals surface area contributed by atoms with Gasteiger partial charge in [0.25, 0.3) is 5.91 Å². The molecule has 2 atom stereocenters. The summed E-state index contributed by atoms with van der Waals surface area (Å²) in [5, 5.41) is 0. The second kappa shape index (κ2) is 6.58. The number of amides is 2. The summed E-state index contributed by atoms with van der Waals surface area (Å²) in [6, 6.07) is 7.63. The molecule has 1 aromatic carbocycles. The third kappa shape index (κ3) is 2.94. The second-order valence-corrected chi connectivity index (χ2v) is 7.54. The van der Waals surface area contributed by atoms with E-state index in [2.05, 4.69) is 0 Å². The van der Waals surface area contributed by atoms with E-state index in [4.69, 9.17) is 0 Å². The van der Waals surface area contributed by atoms with E-state index < -0.39 is 0 Å². The largest absolute Gasteiger partial charge is 0.338 e. The molecule has 0 aromatic heterocycles. The molecule has 2 saturated heterocycles. The van der Waals surface area contributed by atoms with Crippen molar-refractivity contribution in [2.75, 3.05) is 24.5 Å². The summed E-state index contributed by atoms with van der Waals surface area (Å²) in [6.07, 6.45) is 7.98. The quantitative estimate of drug-likeness (QED) is 0.835. The highest BCUT2D eigenvalue weighted by Gasteiger charge is 2.33. The van der Waals surface area contributed by atoms with E-state index in [0.717, 1.165) is 49.6 Å². The molecule has 0 bridgehead atoms. The summed E-state index contributed by atoms with van der Waals surface area (Å²) in [7, 11) is 0. The molecule has 3 fully saturated rings. The number of hydrogen-bond acceptors (Lipinski definition) is 2. The predicted octanol–water partition coefficient (Wildman–Crippen LogP) is 3.47. The van der Waals surface area contributed by atoms with Crippen molar-refractivity contribution < 1.29 is 9.59 Å². The van der Waals surface area contributed by atoms with E-state index >= 15 is 0 Å². The van der Waals surface area contributed by atoms with Crippen LogP contribution in [-0.2, 0) is 4.79 Å². The number of nitrogens with zero attached hydrogens (tertiary/aromatic N) is 2. The van der Waals surface area contributed by atoms with Gasteiger partial charge in [0.1, 0.15) is 0 Å². The van der Waals surface area contributed by atoms with Gasteiger partial charge in [-0.25, -0.2) is 0 Å². The van der Waals surface area contributed by atoms with Crippen molar-refractivity contribution in [1.82, 2.24) is 4.90 Å². The van der Waals surface area contributed by atoms with E-state index in [-0.39, 0.29) is 11.8 Å². The van der Waals surface area contributed by atoms with Crippen molar-refractivity contribution in [2.45, 2.75) is 44.9 Å². The predicted molar refractivity (Wildman–Crippen MR) is 94.0 cm³/mol. The molecule has 4 nitrogen and oxygen atoms in total. The zero-order chi connectivity index (χ0) is 16.5. The van der Waals surface area contributed by atoms with Crippen LogP contribution in [0.4, 0.5) is 5.69 Å². The molecule has 2 amide bonds. The molecule has 0 N–H and O–H groups in total. The Morgan fingerprint density at radius 1 is 1.00 bits per heavy atom. The van der Waals surface area contributed by atoms with Crippen molar-refractivity contribution in [3.05, 3.63) is 29.8 Å². The fourth-order valence-corrected chi connectivity index (χ4v) is 4.70. The Balaban J connectivity index is 1.49. The molecule has 0 unspecified atom stereocenters. The van der Waals surface area contributed by atoms with Crippen LogP contribution in [0.5, 0.6) is 0 Å². The van der Waals surface area contributed by atoms with Crippen LogP contribution in [0.15, 0.2) is 24.3 Å². The number of hydrogen-bond donors (Lipinski definition) is 0. The lowest BCUT2D eigenvalue weighted by molar-refractivity contribution is -0.117. The highest BCUT2D eigenvalue weighted by atomic mass is 16.2. The van der Waals surface area contributed by atoms with Gasteiger partial charge in [0.2, 0.25) is 5.91 Å². The van der Waals surface area contributed by atoms with Gasteiger partial charge in [-0.15, -0.1) is 0 Å². The number of rotatable bonds is 2. The van der Waals surface area contributed by atoms with Gasteiger partial charge in [-0.05, 0) is 49.3 Å². The fraction of sp³-hybridized carbons (Fsp3) is 0.600. The smallest absolute Gasteiger partial charge is 0.253 e. The molecule has 24 heavy (non-hydrogen) atoms. The molecule has 1 saturated carbocycles. The van der Waals surface area contributed by atoms with Crippen molar-refractivity contribution in [1.29, 1.82) is 0 Å². The van der Waals surface area contributed by atoms with E-state index in [9.17, 15) is 9.59 Å². The average Bonchev–Trinajstić information content (AvgIpc) is 3.07. The number of piperidine rings is 1. The SMILES string of the molecule is O=C(c1cccc(N2CCCC2=O)c1)N1CC[C@H]2CCCC[C@@H]2C1. The topological polar surface area (TPSA) is 40.6 Å². The Kier molecular flexibility index (Phi) is 4.30. The molecule has 4 heteroatoms.